The van der Waals surface area contributed by atoms with Crippen LogP contribution in [0.15, 0.2) is 303 Å². The van der Waals surface area contributed by atoms with Gasteiger partial charge in [0.1, 0.15) is 0 Å². The van der Waals surface area contributed by atoms with Crippen molar-refractivity contribution in [2.24, 2.45) is 0 Å². The summed E-state index contributed by atoms with van der Waals surface area (Å²) < 4.78 is 0. The minimum Gasteiger partial charge on any atom is -0.0622 e. The predicted octanol–water partition coefficient (Wildman–Crippen LogP) is 21.8. The number of benzene rings is 13. The first-order valence-electron chi connectivity index (χ1n) is 30.1. The average Bonchev–Trinajstić information content (AvgIpc) is 1.67. The van der Waals surface area contributed by atoms with Gasteiger partial charge < -0.3 is 0 Å². The Hall–Kier alpha value is -9.88. The Morgan fingerprint density at radius 3 is 0.988 bits per heavy atom. The molecule has 13 aromatic carbocycles. The van der Waals surface area contributed by atoms with Gasteiger partial charge in [-0.2, -0.15) is 0 Å². The molecule has 4 aliphatic carbocycles. The van der Waals surface area contributed by atoms with Crippen LogP contribution in [-0.4, -0.2) is 0 Å². The number of hydrogen-bond acceptors (Lipinski definition) is 0. The first kappa shape index (κ1) is 53.1. The molecule has 17 rings (SSSR count). The second-order valence-electron chi connectivity index (χ2n) is 24.2. The highest BCUT2D eigenvalue weighted by molar-refractivity contribution is 5.95. The van der Waals surface area contributed by atoms with Crippen LogP contribution in [0.3, 0.4) is 0 Å². The molecule has 0 saturated heterocycles. The smallest absolute Gasteiger partial charge is 0.0622 e. The van der Waals surface area contributed by atoms with E-state index in [9.17, 15) is 0 Å². The van der Waals surface area contributed by atoms with Gasteiger partial charge in [-0.3, -0.25) is 0 Å². The van der Waals surface area contributed by atoms with E-state index in [1.165, 1.54) is 144 Å². The molecule has 13 aromatic rings. The van der Waals surface area contributed by atoms with Gasteiger partial charge in [-0.15, -0.1) is 0 Å². The molecule has 1 spiro atoms. The van der Waals surface area contributed by atoms with E-state index in [1.807, 2.05) is 0 Å². The zero-order chi connectivity index (χ0) is 57.9. The van der Waals surface area contributed by atoms with E-state index < -0.39 is 0 Å². The first-order valence-corrected chi connectivity index (χ1v) is 30.1. The summed E-state index contributed by atoms with van der Waals surface area (Å²) >= 11 is 0. The Balaban J connectivity index is 0.000000103. The molecule has 0 fully saturated rings. The van der Waals surface area contributed by atoms with Crippen molar-refractivity contribution in [3.63, 3.8) is 0 Å². The van der Waals surface area contributed by atoms with Crippen LogP contribution in [0.2, 0.25) is 0 Å². The molecule has 0 radical (unpaired) electrons. The summed E-state index contributed by atoms with van der Waals surface area (Å²) in [5, 5.41) is 2.59. The lowest BCUT2D eigenvalue weighted by Gasteiger charge is -2.34. The Morgan fingerprint density at radius 2 is 0.518 bits per heavy atom. The van der Waals surface area contributed by atoms with E-state index in [-0.39, 0.29) is 16.2 Å². The minimum atomic E-state index is -0.263. The van der Waals surface area contributed by atoms with Crippen molar-refractivity contribution in [3.05, 3.63) is 381 Å². The largest absolute Gasteiger partial charge is 0.0725 e. The maximum atomic E-state index is 2.40. The Morgan fingerprint density at radius 1 is 0.200 bits per heavy atom. The molecule has 0 heterocycles. The van der Waals surface area contributed by atoms with Crippen LogP contribution in [0.5, 0.6) is 0 Å². The van der Waals surface area contributed by atoms with Gasteiger partial charge in [-0.25, -0.2) is 0 Å². The van der Waals surface area contributed by atoms with Crippen molar-refractivity contribution in [2.75, 3.05) is 0 Å². The molecule has 0 heteroatoms. The minimum absolute atomic E-state index is 0.151. The number of aryl methyl sites for hydroxylation is 4. The van der Waals surface area contributed by atoms with Crippen LogP contribution in [0, 0.1) is 27.7 Å². The van der Waals surface area contributed by atoms with Crippen molar-refractivity contribution in [1.29, 1.82) is 0 Å². The molecule has 4 aliphatic rings. The number of fused-ring (bicyclic) bond motifs is 17. The third-order valence-corrected chi connectivity index (χ3v) is 18.6. The molecular formula is C85H68. The molecular weight excluding hydrogens is 1020 g/mol. The fourth-order valence-corrected chi connectivity index (χ4v) is 14.7. The second-order valence-corrected chi connectivity index (χ2v) is 24.2. The Bertz CT molecular complexity index is 4450. The van der Waals surface area contributed by atoms with Crippen molar-refractivity contribution in [3.8, 4) is 55.6 Å². The van der Waals surface area contributed by atoms with Crippen LogP contribution in [-0.2, 0) is 16.2 Å². The lowest BCUT2D eigenvalue weighted by atomic mass is 9.67. The highest BCUT2D eigenvalue weighted by atomic mass is 14.5. The topological polar surface area (TPSA) is 0 Å². The molecule has 0 amide bonds. The maximum absolute atomic E-state index is 2.40. The van der Waals surface area contributed by atoms with Gasteiger partial charge >= 0.3 is 0 Å². The third-order valence-electron chi connectivity index (χ3n) is 18.6. The summed E-state index contributed by atoms with van der Waals surface area (Å²) in [7, 11) is 0. The molecule has 0 bridgehead atoms. The second kappa shape index (κ2) is 21.4. The van der Waals surface area contributed by atoms with Crippen molar-refractivity contribution in [1.82, 2.24) is 0 Å². The molecule has 408 valence electrons. The van der Waals surface area contributed by atoms with Crippen molar-refractivity contribution >= 4 is 10.8 Å². The number of hydrogen-bond donors (Lipinski definition) is 0. The summed E-state index contributed by atoms with van der Waals surface area (Å²) in [4.78, 5) is 0. The van der Waals surface area contributed by atoms with Crippen LogP contribution >= 0.6 is 0 Å². The van der Waals surface area contributed by atoms with Gasteiger partial charge in [-0.05, 0) is 156 Å². The Labute approximate surface area is 502 Å². The summed E-state index contributed by atoms with van der Waals surface area (Å²) in [6.07, 6.45) is 0. The van der Waals surface area contributed by atoms with Gasteiger partial charge in [0.2, 0.25) is 0 Å². The van der Waals surface area contributed by atoms with E-state index in [4.69, 9.17) is 0 Å². The van der Waals surface area contributed by atoms with Crippen molar-refractivity contribution in [2.45, 2.75) is 57.8 Å². The third kappa shape index (κ3) is 8.73. The Kier molecular flexibility index (Phi) is 13.4. The molecule has 85 heavy (non-hydrogen) atoms. The summed E-state index contributed by atoms with van der Waals surface area (Å²) in [6, 6.07) is 111. The molecule has 0 aliphatic heterocycles. The summed E-state index contributed by atoms with van der Waals surface area (Å²) in [5.74, 6) is 0. The van der Waals surface area contributed by atoms with Crippen LogP contribution in [0.4, 0.5) is 0 Å². The molecule has 0 nitrogen and oxygen atoms in total. The molecule has 0 N–H and O–H groups in total. The van der Waals surface area contributed by atoms with Crippen LogP contribution in [0.1, 0.15) is 91.7 Å². The number of rotatable bonds is 3. The molecule has 0 aromatic heterocycles. The van der Waals surface area contributed by atoms with Crippen LogP contribution < -0.4 is 0 Å². The van der Waals surface area contributed by atoms with Gasteiger partial charge in [0.15, 0.2) is 0 Å². The lowest BCUT2D eigenvalue weighted by Crippen LogP contribution is -2.28. The maximum Gasteiger partial charge on any atom is 0.0725 e. The summed E-state index contributed by atoms with van der Waals surface area (Å²) in [5.41, 5.74) is 32.5. The van der Waals surface area contributed by atoms with E-state index in [0.717, 1.165) is 0 Å². The standard InChI is InChI=1S/C26H18.C26H20.C17H14.C16H16/c1-17-14-15-21-20-10-4-7-13-24(20)26(25(21)16-17)22-11-5-2-8-18(22)19-9-3-6-12-23(19)26;1-19-16-17-23-22-14-8-9-15-24(22)26(25(23)18-19,20-10-4-2-5-11-20)21-12-6-3-7-13-21;1-13-6-8-15(9-7-13)17-11-10-14-4-2-3-5-16(14)12-17;1-11-8-9-13-12-6-4-5-7-14(12)16(2,3)15(13)10-11/h2-16H,1H3;2-18H,1H3;2-12H,1H3;4-10H,1-3H3. The highest BCUT2D eigenvalue weighted by Gasteiger charge is 2.51. The first-order chi connectivity index (χ1) is 41.6. The molecule has 0 atom stereocenters. The zero-order valence-electron chi connectivity index (χ0n) is 49.4. The lowest BCUT2D eigenvalue weighted by molar-refractivity contribution is 0.660. The quantitative estimate of drug-likeness (QED) is 0.165. The average molecular weight is 1090 g/mol. The fraction of sp³-hybridized carbons (Fsp3) is 0.106. The van der Waals surface area contributed by atoms with E-state index >= 15 is 0 Å². The van der Waals surface area contributed by atoms with Gasteiger partial charge in [0.25, 0.3) is 0 Å². The van der Waals surface area contributed by atoms with E-state index in [1.54, 1.807) is 0 Å². The summed E-state index contributed by atoms with van der Waals surface area (Å²) in [6.45, 7) is 13.3. The molecule has 0 unspecified atom stereocenters. The van der Waals surface area contributed by atoms with Gasteiger partial charge in [-0.1, -0.05) is 333 Å². The van der Waals surface area contributed by atoms with E-state index in [2.05, 4.69) is 345 Å². The predicted molar refractivity (Wildman–Crippen MR) is 359 cm³/mol. The fourth-order valence-electron chi connectivity index (χ4n) is 14.7. The van der Waals surface area contributed by atoms with Gasteiger partial charge in [0.05, 0.1) is 10.8 Å². The highest BCUT2D eigenvalue weighted by Crippen LogP contribution is 2.63. The van der Waals surface area contributed by atoms with E-state index in [0.29, 0.717) is 0 Å². The monoisotopic (exact) mass is 1090 g/mol. The van der Waals surface area contributed by atoms with Crippen LogP contribution in [0.25, 0.3) is 66.4 Å². The van der Waals surface area contributed by atoms with Gasteiger partial charge in [0, 0.05) is 5.41 Å². The normalized spacial score (nSPS) is 13.8. The molecule has 0 saturated carbocycles. The van der Waals surface area contributed by atoms with Crippen molar-refractivity contribution < 1.29 is 0 Å². The SMILES string of the molecule is Cc1ccc(-c2ccc3ccccc3c2)cc1.Cc1ccc2c(c1)C(C)(C)c1ccccc1-2.Cc1ccc2c(c1)C(c1ccccc1)(c1ccccc1)c1ccccc1-2.Cc1ccc2c(c1)C1(c3ccccc3-c3ccccc31)c1ccccc1-2. The zero-order valence-corrected chi connectivity index (χ0v) is 49.4.